The van der Waals surface area contributed by atoms with E-state index in [-0.39, 0.29) is 29.3 Å². The summed E-state index contributed by atoms with van der Waals surface area (Å²) in [5.41, 5.74) is -0.321. The average Bonchev–Trinajstić information content (AvgIpc) is 2.40. The van der Waals surface area contributed by atoms with Crippen molar-refractivity contribution in [2.24, 2.45) is 23.2 Å². The molecule has 1 aliphatic rings. The van der Waals surface area contributed by atoms with Gasteiger partial charge in [0.25, 0.3) is 0 Å². The fourth-order valence-corrected chi connectivity index (χ4v) is 3.07. The van der Waals surface area contributed by atoms with E-state index >= 15 is 0 Å². The van der Waals surface area contributed by atoms with Crippen LogP contribution >= 0.6 is 0 Å². The van der Waals surface area contributed by atoms with Crippen molar-refractivity contribution in [1.29, 1.82) is 0 Å². The van der Waals surface area contributed by atoms with Crippen LogP contribution in [0.5, 0.6) is 0 Å². The van der Waals surface area contributed by atoms with E-state index in [1.807, 2.05) is 20.8 Å². The number of carboxylic acid groups (broad SMARTS) is 1. The lowest BCUT2D eigenvalue weighted by Gasteiger charge is -2.46. The lowest BCUT2D eigenvalue weighted by atomic mass is 9.61. The Morgan fingerprint density at radius 1 is 1.33 bits per heavy atom. The van der Waals surface area contributed by atoms with Crippen LogP contribution in [0.4, 0.5) is 4.79 Å². The van der Waals surface area contributed by atoms with Gasteiger partial charge in [0.1, 0.15) is 0 Å². The van der Waals surface area contributed by atoms with Crippen LogP contribution < -0.4 is 10.6 Å². The first kappa shape index (κ1) is 17.8. The molecular formula is C16H30N2O3. The van der Waals surface area contributed by atoms with Crippen LogP contribution in [-0.2, 0) is 4.79 Å². The number of carboxylic acids is 1. The van der Waals surface area contributed by atoms with Gasteiger partial charge < -0.3 is 15.7 Å². The van der Waals surface area contributed by atoms with Gasteiger partial charge in [-0.05, 0) is 30.1 Å². The molecule has 1 fully saturated rings. The SMILES string of the molecule is CCC(C)CNC(=O)NC1CCC(C(=O)O)C(C)(C)C1C. The minimum atomic E-state index is -0.730. The highest BCUT2D eigenvalue weighted by atomic mass is 16.4. The summed E-state index contributed by atoms with van der Waals surface area (Å²) in [6, 6.07) is -0.107. The first-order valence-electron chi connectivity index (χ1n) is 7.97. The Morgan fingerprint density at radius 3 is 2.48 bits per heavy atom. The van der Waals surface area contributed by atoms with Crippen molar-refractivity contribution in [3.05, 3.63) is 0 Å². The molecule has 0 aromatic rings. The molecule has 0 aromatic heterocycles. The van der Waals surface area contributed by atoms with Crippen molar-refractivity contribution < 1.29 is 14.7 Å². The van der Waals surface area contributed by atoms with E-state index < -0.39 is 5.97 Å². The van der Waals surface area contributed by atoms with Crippen molar-refractivity contribution in [3.63, 3.8) is 0 Å². The smallest absolute Gasteiger partial charge is 0.315 e. The topological polar surface area (TPSA) is 78.4 Å². The van der Waals surface area contributed by atoms with Crippen molar-refractivity contribution in [1.82, 2.24) is 10.6 Å². The van der Waals surface area contributed by atoms with Gasteiger partial charge in [-0.2, -0.15) is 0 Å². The van der Waals surface area contributed by atoms with E-state index in [0.717, 1.165) is 12.8 Å². The predicted octanol–water partition coefficient (Wildman–Crippen LogP) is 2.86. The number of aliphatic carboxylic acids is 1. The number of carbonyl (C=O) groups is 2. The number of nitrogens with one attached hydrogen (secondary N) is 2. The summed E-state index contributed by atoms with van der Waals surface area (Å²) in [7, 11) is 0. The molecule has 0 heterocycles. The molecule has 3 N–H and O–H groups in total. The normalized spacial score (nSPS) is 29.5. The molecule has 4 unspecified atom stereocenters. The van der Waals surface area contributed by atoms with Crippen molar-refractivity contribution in [2.45, 2.75) is 59.9 Å². The molecule has 0 spiro atoms. The van der Waals surface area contributed by atoms with Crippen LogP contribution in [0.2, 0.25) is 0 Å². The highest BCUT2D eigenvalue weighted by Gasteiger charge is 2.46. The number of hydrogen-bond donors (Lipinski definition) is 3. The summed E-state index contributed by atoms with van der Waals surface area (Å²) >= 11 is 0. The van der Waals surface area contributed by atoms with Crippen LogP contribution in [0.15, 0.2) is 0 Å². The molecule has 5 nitrogen and oxygen atoms in total. The monoisotopic (exact) mass is 298 g/mol. The maximum absolute atomic E-state index is 12.0. The Labute approximate surface area is 127 Å². The Balaban J connectivity index is 2.58. The van der Waals surface area contributed by atoms with Gasteiger partial charge in [0.15, 0.2) is 0 Å². The van der Waals surface area contributed by atoms with Crippen LogP contribution in [0.3, 0.4) is 0 Å². The molecule has 21 heavy (non-hydrogen) atoms. The zero-order valence-corrected chi connectivity index (χ0v) is 13.9. The van der Waals surface area contributed by atoms with Gasteiger partial charge in [-0.25, -0.2) is 4.79 Å². The maximum Gasteiger partial charge on any atom is 0.315 e. The molecule has 1 saturated carbocycles. The zero-order chi connectivity index (χ0) is 16.2. The molecule has 4 atom stereocenters. The van der Waals surface area contributed by atoms with E-state index in [9.17, 15) is 14.7 Å². The molecule has 2 amide bonds. The van der Waals surface area contributed by atoms with E-state index in [1.165, 1.54) is 0 Å². The molecule has 1 aliphatic carbocycles. The number of rotatable bonds is 5. The highest BCUT2D eigenvalue weighted by Crippen LogP contribution is 2.45. The molecule has 0 bridgehead atoms. The van der Waals surface area contributed by atoms with Gasteiger partial charge in [-0.1, -0.05) is 41.0 Å². The Bertz CT molecular complexity index is 382. The quantitative estimate of drug-likeness (QED) is 0.730. The van der Waals surface area contributed by atoms with Gasteiger partial charge in [-0.15, -0.1) is 0 Å². The third-order valence-corrected chi connectivity index (χ3v) is 5.36. The van der Waals surface area contributed by atoms with Crippen LogP contribution in [0, 0.1) is 23.2 Å². The third-order valence-electron chi connectivity index (χ3n) is 5.36. The molecular weight excluding hydrogens is 268 g/mol. The molecule has 1 rings (SSSR count). The summed E-state index contributed by atoms with van der Waals surface area (Å²) in [4.78, 5) is 23.3. The first-order chi connectivity index (χ1) is 9.70. The Kier molecular flexibility index (Phi) is 6.05. The molecule has 0 aliphatic heterocycles. The number of urea groups is 1. The van der Waals surface area contributed by atoms with Crippen LogP contribution in [-0.4, -0.2) is 29.7 Å². The van der Waals surface area contributed by atoms with Gasteiger partial charge in [0.05, 0.1) is 5.92 Å². The van der Waals surface area contributed by atoms with E-state index in [0.29, 0.717) is 18.9 Å². The fourth-order valence-electron chi connectivity index (χ4n) is 3.07. The minimum Gasteiger partial charge on any atom is -0.481 e. The molecule has 122 valence electrons. The number of hydrogen-bond acceptors (Lipinski definition) is 2. The summed E-state index contributed by atoms with van der Waals surface area (Å²) in [6.45, 7) is 10.9. The lowest BCUT2D eigenvalue weighted by Crippen LogP contribution is -2.54. The fraction of sp³-hybridized carbons (Fsp3) is 0.875. The van der Waals surface area contributed by atoms with Gasteiger partial charge in [0.2, 0.25) is 0 Å². The van der Waals surface area contributed by atoms with E-state index in [1.54, 1.807) is 0 Å². The number of carbonyl (C=O) groups excluding carboxylic acids is 1. The molecule has 0 aromatic carbocycles. The molecule has 0 saturated heterocycles. The minimum absolute atomic E-state index is 0.0348. The van der Waals surface area contributed by atoms with Gasteiger partial charge in [-0.3, -0.25) is 4.79 Å². The second-order valence-corrected chi connectivity index (χ2v) is 7.05. The Hall–Kier alpha value is -1.26. The second-order valence-electron chi connectivity index (χ2n) is 7.05. The standard InChI is InChI=1S/C16H30N2O3/c1-6-10(2)9-17-15(21)18-13-8-7-12(14(19)20)16(4,5)11(13)3/h10-13H,6-9H2,1-5H3,(H,19,20)(H2,17,18,21). The molecule has 5 heteroatoms. The predicted molar refractivity (Wildman–Crippen MR) is 83.1 cm³/mol. The van der Waals surface area contributed by atoms with Crippen molar-refractivity contribution in [3.8, 4) is 0 Å². The zero-order valence-electron chi connectivity index (χ0n) is 13.9. The summed E-state index contributed by atoms with van der Waals surface area (Å²) in [6.07, 6.45) is 2.37. The maximum atomic E-state index is 12.0. The second kappa shape index (κ2) is 7.14. The summed E-state index contributed by atoms with van der Waals surface area (Å²) < 4.78 is 0. The van der Waals surface area contributed by atoms with E-state index in [4.69, 9.17) is 0 Å². The van der Waals surface area contributed by atoms with Crippen molar-refractivity contribution in [2.75, 3.05) is 6.54 Å². The van der Waals surface area contributed by atoms with Crippen LogP contribution in [0.25, 0.3) is 0 Å². The van der Waals surface area contributed by atoms with Gasteiger partial charge in [0, 0.05) is 12.6 Å². The molecule has 0 radical (unpaired) electrons. The van der Waals surface area contributed by atoms with Gasteiger partial charge >= 0.3 is 12.0 Å². The first-order valence-corrected chi connectivity index (χ1v) is 7.97. The largest absolute Gasteiger partial charge is 0.481 e. The van der Waals surface area contributed by atoms with Crippen molar-refractivity contribution >= 4 is 12.0 Å². The number of amides is 2. The average molecular weight is 298 g/mol. The third kappa shape index (κ3) is 4.35. The Morgan fingerprint density at radius 2 is 1.95 bits per heavy atom. The highest BCUT2D eigenvalue weighted by molar-refractivity contribution is 5.74. The summed E-state index contributed by atoms with van der Waals surface area (Å²) in [5, 5.41) is 15.2. The summed E-state index contributed by atoms with van der Waals surface area (Å²) in [5.74, 6) is -0.477. The lowest BCUT2D eigenvalue weighted by molar-refractivity contribution is -0.150. The van der Waals surface area contributed by atoms with E-state index in [2.05, 4.69) is 24.5 Å². The van der Waals surface area contributed by atoms with Crippen LogP contribution in [0.1, 0.15) is 53.9 Å².